The Morgan fingerprint density at radius 1 is 1.21 bits per heavy atom. The number of pyridine rings is 1. The van der Waals surface area contributed by atoms with Crippen LogP contribution in [0.2, 0.25) is 0 Å². The third-order valence-corrected chi connectivity index (χ3v) is 6.27. The van der Waals surface area contributed by atoms with Crippen LogP contribution in [0.4, 0.5) is 0 Å². The summed E-state index contributed by atoms with van der Waals surface area (Å²) in [6.07, 6.45) is 9.88. The van der Waals surface area contributed by atoms with E-state index in [4.69, 9.17) is 0 Å². The SMILES string of the molecule is CCN1CCCC1CNC(=O)CCC1CCN(C(=O)Cc2cccnc2)CC1. The Hall–Kier alpha value is -1.95. The predicted molar refractivity (Wildman–Crippen MR) is 110 cm³/mol. The average molecular weight is 387 g/mol. The first-order valence-electron chi connectivity index (χ1n) is 10.8. The maximum atomic E-state index is 12.4. The number of aromatic nitrogens is 1. The second-order valence-corrected chi connectivity index (χ2v) is 8.13. The molecule has 6 heteroatoms. The number of likely N-dealkylation sites (tertiary alicyclic amines) is 2. The van der Waals surface area contributed by atoms with Crippen LogP contribution in [0, 0.1) is 5.92 Å². The summed E-state index contributed by atoms with van der Waals surface area (Å²) >= 11 is 0. The lowest BCUT2D eigenvalue weighted by Gasteiger charge is -2.32. The highest BCUT2D eigenvalue weighted by atomic mass is 16.2. The van der Waals surface area contributed by atoms with E-state index in [2.05, 4.69) is 22.1 Å². The van der Waals surface area contributed by atoms with E-state index in [9.17, 15) is 9.59 Å². The Balaban J connectivity index is 1.31. The molecule has 0 saturated carbocycles. The van der Waals surface area contributed by atoms with Gasteiger partial charge in [0.05, 0.1) is 6.42 Å². The Labute approximate surface area is 168 Å². The predicted octanol–water partition coefficient (Wildman–Crippen LogP) is 2.24. The number of nitrogens with one attached hydrogen (secondary N) is 1. The van der Waals surface area contributed by atoms with E-state index in [1.54, 1.807) is 12.4 Å². The first kappa shape index (κ1) is 20.8. The van der Waals surface area contributed by atoms with Crippen LogP contribution in [0.25, 0.3) is 0 Å². The largest absolute Gasteiger partial charge is 0.355 e. The number of rotatable bonds is 8. The molecular formula is C22H34N4O2. The smallest absolute Gasteiger partial charge is 0.227 e. The summed E-state index contributed by atoms with van der Waals surface area (Å²) in [7, 11) is 0. The van der Waals surface area contributed by atoms with Crippen LogP contribution in [0.1, 0.15) is 51.0 Å². The third kappa shape index (κ3) is 6.03. The Morgan fingerprint density at radius 2 is 2.04 bits per heavy atom. The second-order valence-electron chi connectivity index (χ2n) is 8.13. The van der Waals surface area contributed by atoms with Crippen molar-refractivity contribution >= 4 is 11.8 Å². The molecule has 154 valence electrons. The number of hydrogen-bond acceptors (Lipinski definition) is 4. The van der Waals surface area contributed by atoms with Gasteiger partial charge in [0.1, 0.15) is 0 Å². The highest BCUT2D eigenvalue weighted by molar-refractivity contribution is 5.78. The van der Waals surface area contributed by atoms with Crippen molar-refractivity contribution in [1.29, 1.82) is 0 Å². The molecule has 1 atom stereocenters. The lowest BCUT2D eigenvalue weighted by Crippen LogP contribution is -2.41. The molecule has 0 aliphatic carbocycles. The van der Waals surface area contributed by atoms with Crippen LogP contribution in [-0.2, 0) is 16.0 Å². The summed E-state index contributed by atoms with van der Waals surface area (Å²) in [5, 5.41) is 3.13. The Kier molecular flexibility index (Phi) is 7.83. The number of piperidine rings is 1. The molecule has 0 bridgehead atoms. The Bertz CT molecular complexity index is 629. The number of hydrogen-bond donors (Lipinski definition) is 1. The highest BCUT2D eigenvalue weighted by Gasteiger charge is 2.25. The molecule has 1 aromatic rings. The van der Waals surface area contributed by atoms with Gasteiger partial charge in [-0.05, 0) is 62.7 Å². The fourth-order valence-electron chi connectivity index (χ4n) is 4.46. The molecule has 3 heterocycles. The van der Waals surface area contributed by atoms with Gasteiger partial charge in [-0.2, -0.15) is 0 Å². The monoisotopic (exact) mass is 386 g/mol. The molecular weight excluding hydrogens is 352 g/mol. The number of amides is 2. The molecule has 1 N–H and O–H groups in total. The molecule has 28 heavy (non-hydrogen) atoms. The Morgan fingerprint density at radius 3 is 2.75 bits per heavy atom. The summed E-state index contributed by atoms with van der Waals surface area (Å²) in [4.78, 5) is 33.1. The minimum Gasteiger partial charge on any atom is -0.355 e. The fraction of sp³-hybridized carbons (Fsp3) is 0.682. The van der Waals surface area contributed by atoms with Gasteiger partial charge in [-0.25, -0.2) is 0 Å². The molecule has 2 aliphatic heterocycles. The molecule has 2 fully saturated rings. The summed E-state index contributed by atoms with van der Waals surface area (Å²) < 4.78 is 0. The van der Waals surface area contributed by atoms with Crippen molar-refractivity contribution in [3.8, 4) is 0 Å². The summed E-state index contributed by atoms with van der Waals surface area (Å²) in [6, 6.07) is 4.33. The van der Waals surface area contributed by atoms with Gasteiger partial charge >= 0.3 is 0 Å². The van der Waals surface area contributed by atoms with Crippen LogP contribution < -0.4 is 5.32 Å². The minimum atomic E-state index is 0.179. The minimum absolute atomic E-state index is 0.179. The lowest BCUT2D eigenvalue weighted by atomic mass is 9.91. The molecule has 2 saturated heterocycles. The van der Waals surface area contributed by atoms with Crippen LogP contribution in [-0.4, -0.2) is 65.4 Å². The van der Waals surface area contributed by atoms with E-state index in [0.29, 0.717) is 24.8 Å². The normalized spacial score (nSPS) is 21.0. The summed E-state index contributed by atoms with van der Waals surface area (Å²) in [6.45, 7) is 6.81. The zero-order valence-corrected chi connectivity index (χ0v) is 17.1. The molecule has 1 unspecified atom stereocenters. The lowest BCUT2D eigenvalue weighted by molar-refractivity contribution is -0.132. The zero-order chi connectivity index (χ0) is 19.8. The van der Waals surface area contributed by atoms with Gasteiger partial charge in [0.15, 0.2) is 0 Å². The first-order chi connectivity index (χ1) is 13.7. The summed E-state index contributed by atoms with van der Waals surface area (Å²) in [5.74, 6) is 0.908. The fourth-order valence-corrected chi connectivity index (χ4v) is 4.46. The van der Waals surface area contributed by atoms with Gasteiger partial charge in [-0.1, -0.05) is 13.0 Å². The van der Waals surface area contributed by atoms with Crippen molar-refractivity contribution in [3.05, 3.63) is 30.1 Å². The molecule has 0 radical (unpaired) electrons. The van der Waals surface area contributed by atoms with Crippen molar-refractivity contribution in [2.24, 2.45) is 5.92 Å². The van der Waals surface area contributed by atoms with Gasteiger partial charge in [-0.15, -0.1) is 0 Å². The van der Waals surface area contributed by atoms with Crippen molar-refractivity contribution in [2.45, 2.75) is 57.9 Å². The van der Waals surface area contributed by atoms with Crippen LogP contribution >= 0.6 is 0 Å². The quantitative estimate of drug-likeness (QED) is 0.744. The van der Waals surface area contributed by atoms with Crippen molar-refractivity contribution in [1.82, 2.24) is 20.1 Å². The van der Waals surface area contributed by atoms with Crippen molar-refractivity contribution in [3.63, 3.8) is 0 Å². The third-order valence-electron chi connectivity index (χ3n) is 6.27. The van der Waals surface area contributed by atoms with Gasteiger partial charge in [-0.3, -0.25) is 19.5 Å². The number of nitrogens with zero attached hydrogens (tertiary/aromatic N) is 3. The van der Waals surface area contributed by atoms with Gasteiger partial charge in [0.2, 0.25) is 11.8 Å². The topological polar surface area (TPSA) is 65.5 Å². The van der Waals surface area contributed by atoms with E-state index in [-0.39, 0.29) is 11.8 Å². The number of carbonyl (C=O) groups is 2. The molecule has 3 rings (SSSR count). The van der Waals surface area contributed by atoms with Gasteiger partial charge in [0.25, 0.3) is 0 Å². The molecule has 1 aromatic heterocycles. The van der Waals surface area contributed by atoms with E-state index in [0.717, 1.165) is 57.5 Å². The van der Waals surface area contributed by atoms with Crippen molar-refractivity contribution in [2.75, 3.05) is 32.7 Å². The van der Waals surface area contributed by atoms with E-state index < -0.39 is 0 Å². The zero-order valence-electron chi connectivity index (χ0n) is 17.1. The molecule has 2 aliphatic rings. The average Bonchev–Trinajstić information content (AvgIpc) is 3.19. The van der Waals surface area contributed by atoms with E-state index in [1.807, 2.05) is 17.0 Å². The van der Waals surface area contributed by atoms with Gasteiger partial charge in [0, 0.05) is 44.5 Å². The number of carbonyl (C=O) groups excluding carboxylic acids is 2. The first-order valence-corrected chi connectivity index (χ1v) is 10.8. The van der Waals surface area contributed by atoms with Gasteiger partial charge < -0.3 is 10.2 Å². The number of likely N-dealkylation sites (N-methyl/N-ethyl adjacent to an activating group) is 1. The van der Waals surface area contributed by atoms with Crippen LogP contribution in [0.3, 0.4) is 0 Å². The molecule has 0 spiro atoms. The summed E-state index contributed by atoms with van der Waals surface area (Å²) in [5.41, 5.74) is 0.968. The molecule has 2 amide bonds. The second kappa shape index (κ2) is 10.6. The standard InChI is InChI=1S/C22H34N4O2/c1-2-25-12-4-6-20(25)17-24-21(27)8-7-18-9-13-26(14-10-18)22(28)15-19-5-3-11-23-16-19/h3,5,11,16,18,20H,2,4,6-10,12-15,17H2,1H3,(H,24,27). The van der Waals surface area contributed by atoms with Crippen LogP contribution in [0.15, 0.2) is 24.5 Å². The highest BCUT2D eigenvalue weighted by Crippen LogP contribution is 2.22. The molecule has 0 aromatic carbocycles. The maximum Gasteiger partial charge on any atom is 0.227 e. The van der Waals surface area contributed by atoms with E-state index >= 15 is 0 Å². The van der Waals surface area contributed by atoms with Crippen molar-refractivity contribution < 1.29 is 9.59 Å². The molecule has 6 nitrogen and oxygen atoms in total. The van der Waals surface area contributed by atoms with Crippen LogP contribution in [0.5, 0.6) is 0 Å². The maximum absolute atomic E-state index is 12.4. The van der Waals surface area contributed by atoms with E-state index in [1.165, 1.54) is 12.8 Å².